The van der Waals surface area contributed by atoms with E-state index in [1.807, 2.05) is 43.3 Å². The van der Waals surface area contributed by atoms with E-state index in [4.69, 9.17) is 4.74 Å². The lowest BCUT2D eigenvalue weighted by Crippen LogP contribution is -2.19. The van der Waals surface area contributed by atoms with E-state index in [1.165, 1.54) is 12.8 Å². The summed E-state index contributed by atoms with van der Waals surface area (Å²) in [6.45, 7) is 4.61. The van der Waals surface area contributed by atoms with Crippen molar-refractivity contribution in [3.8, 4) is 17.0 Å². The van der Waals surface area contributed by atoms with Gasteiger partial charge in [-0.25, -0.2) is 0 Å². The molecule has 0 aliphatic carbocycles. The molecule has 0 bridgehead atoms. The number of aromatic nitrogens is 2. The molecule has 1 fully saturated rings. The van der Waals surface area contributed by atoms with E-state index in [1.54, 1.807) is 24.3 Å². The van der Waals surface area contributed by atoms with E-state index in [0.29, 0.717) is 17.9 Å². The average molecular weight is 388 g/mol. The predicted molar refractivity (Wildman–Crippen MR) is 114 cm³/mol. The van der Waals surface area contributed by atoms with Gasteiger partial charge in [0.15, 0.2) is 5.82 Å². The smallest absolute Gasteiger partial charge is 0.255 e. The second-order valence-corrected chi connectivity index (χ2v) is 6.96. The minimum Gasteiger partial charge on any atom is -0.494 e. The number of carbonyl (C=O) groups is 1. The maximum absolute atomic E-state index is 12.5. The van der Waals surface area contributed by atoms with Gasteiger partial charge in [0.1, 0.15) is 5.75 Å². The van der Waals surface area contributed by atoms with Gasteiger partial charge < -0.3 is 15.0 Å². The number of benzene rings is 2. The second kappa shape index (κ2) is 8.73. The Labute approximate surface area is 170 Å². The number of hydrogen-bond donors (Lipinski definition) is 1. The Morgan fingerprint density at radius 2 is 1.83 bits per heavy atom. The molecular weight excluding hydrogens is 364 g/mol. The molecule has 1 amide bonds. The summed E-state index contributed by atoms with van der Waals surface area (Å²) in [5.74, 6) is 1.51. The van der Waals surface area contributed by atoms with E-state index >= 15 is 0 Å². The van der Waals surface area contributed by atoms with Gasteiger partial charge in [0.05, 0.1) is 12.3 Å². The molecule has 2 heterocycles. The molecule has 6 heteroatoms. The van der Waals surface area contributed by atoms with Gasteiger partial charge in [-0.1, -0.05) is 12.1 Å². The monoisotopic (exact) mass is 388 g/mol. The van der Waals surface area contributed by atoms with Crippen molar-refractivity contribution < 1.29 is 9.53 Å². The maximum atomic E-state index is 12.5. The summed E-state index contributed by atoms with van der Waals surface area (Å²) in [6, 6.07) is 18.7. The van der Waals surface area contributed by atoms with Crippen LogP contribution in [0.15, 0.2) is 60.7 Å². The number of anilines is 2. The van der Waals surface area contributed by atoms with Crippen LogP contribution >= 0.6 is 0 Å². The highest BCUT2D eigenvalue weighted by Gasteiger charge is 2.14. The summed E-state index contributed by atoms with van der Waals surface area (Å²) in [4.78, 5) is 14.8. The molecule has 148 valence electrons. The van der Waals surface area contributed by atoms with Crippen molar-refractivity contribution >= 4 is 17.4 Å². The van der Waals surface area contributed by atoms with Gasteiger partial charge >= 0.3 is 0 Å². The Morgan fingerprint density at radius 1 is 1.03 bits per heavy atom. The summed E-state index contributed by atoms with van der Waals surface area (Å²) in [5.41, 5.74) is 2.99. The topological polar surface area (TPSA) is 67.3 Å². The average Bonchev–Trinajstić information content (AvgIpc) is 3.30. The van der Waals surface area contributed by atoms with Gasteiger partial charge in [-0.2, -0.15) is 0 Å². The summed E-state index contributed by atoms with van der Waals surface area (Å²) < 4.78 is 5.42. The minimum atomic E-state index is -0.166. The van der Waals surface area contributed by atoms with Crippen molar-refractivity contribution in [3.05, 3.63) is 66.2 Å². The van der Waals surface area contributed by atoms with E-state index in [2.05, 4.69) is 20.4 Å². The normalized spacial score (nSPS) is 13.3. The molecular formula is C23H24N4O2. The molecule has 0 saturated carbocycles. The number of amides is 1. The molecule has 1 N–H and O–H groups in total. The predicted octanol–water partition coefficient (Wildman–Crippen LogP) is 4.39. The summed E-state index contributed by atoms with van der Waals surface area (Å²) in [5, 5.41) is 11.7. The SMILES string of the molecule is CCOc1ccc(C(=O)Nc2cccc(-c3ccc(N4CCCC4)nn3)c2)cc1. The zero-order valence-corrected chi connectivity index (χ0v) is 16.5. The largest absolute Gasteiger partial charge is 0.494 e. The van der Waals surface area contributed by atoms with Gasteiger partial charge in [-0.3, -0.25) is 4.79 Å². The van der Waals surface area contributed by atoms with E-state index in [9.17, 15) is 4.79 Å². The summed E-state index contributed by atoms with van der Waals surface area (Å²) in [7, 11) is 0. The molecule has 1 saturated heterocycles. The van der Waals surface area contributed by atoms with Crippen molar-refractivity contribution in [2.45, 2.75) is 19.8 Å². The van der Waals surface area contributed by atoms with Crippen molar-refractivity contribution in [3.63, 3.8) is 0 Å². The van der Waals surface area contributed by atoms with Crippen LogP contribution in [-0.4, -0.2) is 35.8 Å². The lowest BCUT2D eigenvalue weighted by Gasteiger charge is -2.15. The van der Waals surface area contributed by atoms with Crippen molar-refractivity contribution in [1.29, 1.82) is 0 Å². The highest BCUT2D eigenvalue weighted by molar-refractivity contribution is 6.04. The third-order valence-electron chi connectivity index (χ3n) is 4.92. The fourth-order valence-corrected chi connectivity index (χ4v) is 3.42. The summed E-state index contributed by atoms with van der Waals surface area (Å²) in [6.07, 6.45) is 2.42. The molecule has 1 aliphatic rings. The van der Waals surface area contributed by atoms with Crippen LogP contribution in [0.25, 0.3) is 11.3 Å². The van der Waals surface area contributed by atoms with Crippen molar-refractivity contribution in [1.82, 2.24) is 10.2 Å². The van der Waals surface area contributed by atoms with Crippen molar-refractivity contribution in [2.75, 3.05) is 29.9 Å². The van der Waals surface area contributed by atoms with Crippen LogP contribution < -0.4 is 15.0 Å². The molecule has 0 unspecified atom stereocenters. The molecule has 1 aliphatic heterocycles. The van der Waals surface area contributed by atoms with Crippen LogP contribution in [0.4, 0.5) is 11.5 Å². The first-order valence-electron chi connectivity index (χ1n) is 9.96. The number of carbonyl (C=O) groups excluding carboxylic acids is 1. The van der Waals surface area contributed by atoms with Crippen LogP contribution in [0.1, 0.15) is 30.1 Å². The van der Waals surface area contributed by atoms with E-state index < -0.39 is 0 Å². The molecule has 4 rings (SSSR count). The van der Waals surface area contributed by atoms with Gasteiger partial charge in [-0.15, -0.1) is 10.2 Å². The number of ether oxygens (including phenoxy) is 1. The Kier molecular flexibility index (Phi) is 5.70. The van der Waals surface area contributed by atoms with Crippen LogP contribution in [0.3, 0.4) is 0 Å². The zero-order chi connectivity index (χ0) is 20.1. The third-order valence-corrected chi connectivity index (χ3v) is 4.92. The van der Waals surface area contributed by atoms with Gasteiger partial charge in [-0.05, 0) is 68.3 Å². The van der Waals surface area contributed by atoms with E-state index in [0.717, 1.165) is 35.9 Å². The summed E-state index contributed by atoms with van der Waals surface area (Å²) >= 11 is 0. The first kappa shape index (κ1) is 18.9. The van der Waals surface area contributed by atoms with Gasteiger partial charge in [0.25, 0.3) is 5.91 Å². The Morgan fingerprint density at radius 3 is 2.52 bits per heavy atom. The van der Waals surface area contributed by atoms with Gasteiger partial charge in [0, 0.05) is 29.9 Å². The number of rotatable bonds is 6. The Hall–Kier alpha value is -3.41. The lowest BCUT2D eigenvalue weighted by atomic mass is 10.1. The molecule has 0 atom stereocenters. The molecule has 2 aromatic carbocycles. The highest BCUT2D eigenvalue weighted by Crippen LogP contribution is 2.23. The number of hydrogen-bond acceptors (Lipinski definition) is 5. The highest BCUT2D eigenvalue weighted by atomic mass is 16.5. The maximum Gasteiger partial charge on any atom is 0.255 e. The van der Waals surface area contributed by atoms with Crippen LogP contribution in [0.2, 0.25) is 0 Å². The first-order valence-corrected chi connectivity index (χ1v) is 9.96. The van der Waals surface area contributed by atoms with Crippen LogP contribution in [0, 0.1) is 0 Å². The molecule has 3 aromatic rings. The number of nitrogens with one attached hydrogen (secondary N) is 1. The van der Waals surface area contributed by atoms with Gasteiger partial charge in [0.2, 0.25) is 0 Å². The van der Waals surface area contributed by atoms with Crippen molar-refractivity contribution in [2.24, 2.45) is 0 Å². The lowest BCUT2D eigenvalue weighted by molar-refractivity contribution is 0.102. The van der Waals surface area contributed by atoms with Crippen LogP contribution in [0.5, 0.6) is 5.75 Å². The number of nitrogens with zero attached hydrogens (tertiary/aromatic N) is 3. The zero-order valence-electron chi connectivity index (χ0n) is 16.5. The standard InChI is InChI=1S/C23H24N4O2/c1-2-29-20-10-8-17(9-11-20)23(28)24-19-7-5-6-18(16-19)21-12-13-22(26-25-21)27-14-3-4-15-27/h5-13,16H,2-4,14-15H2,1H3,(H,24,28). The quantitative estimate of drug-likeness (QED) is 0.678. The second-order valence-electron chi connectivity index (χ2n) is 6.96. The van der Waals surface area contributed by atoms with Crippen LogP contribution in [-0.2, 0) is 0 Å². The minimum absolute atomic E-state index is 0.166. The third kappa shape index (κ3) is 4.54. The Balaban J connectivity index is 1.46. The first-order chi connectivity index (χ1) is 14.2. The fraction of sp³-hybridized carbons (Fsp3) is 0.261. The Bertz CT molecular complexity index is 965. The molecule has 6 nitrogen and oxygen atoms in total. The molecule has 1 aromatic heterocycles. The molecule has 0 spiro atoms. The fourth-order valence-electron chi connectivity index (χ4n) is 3.42. The molecule has 29 heavy (non-hydrogen) atoms. The molecule has 0 radical (unpaired) electrons. The van der Waals surface area contributed by atoms with E-state index in [-0.39, 0.29) is 5.91 Å².